The quantitative estimate of drug-likeness (QED) is 0.779. The maximum absolute atomic E-state index is 12.8. The molecule has 23 heavy (non-hydrogen) atoms. The molecule has 1 aromatic heterocycles. The summed E-state index contributed by atoms with van der Waals surface area (Å²) in [4.78, 5) is 30.0. The van der Waals surface area contributed by atoms with Gasteiger partial charge in [-0.25, -0.2) is 0 Å². The number of rotatable bonds is 1. The molecular formula is C17H24N2O2S2. The minimum absolute atomic E-state index is 0.115. The number of nitrogens with zero attached hydrogens (tertiary/aromatic N) is 2. The van der Waals surface area contributed by atoms with Crippen LogP contribution in [0.25, 0.3) is 0 Å². The van der Waals surface area contributed by atoms with Crippen LogP contribution in [0, 0.1) is 5.41 Å². The molecule has 0 unspecified atom stereocenters. The van der Waals surface area contributed by atoms with Gasteiger partial charge in [-0.2, -0.15) is 0 Å². The van der Waals surface area contributed by atoms with Crippen LogP contribution in [-0.2, 0) is 4.79 Å². The third-order valence-corrected chi connectivity index (χ3v) is 7.04. The summed E-state index contributed by atoms with van der Waals surface area (Å²) in [6, 6.07) is 3.83. The van der Waals surface area contributed by atoms with Crippen molar-refractivity contribution in [3.8, 4) is 0 Å². The van der Waals surface area contributed by atoms with Gasteiger partial charge in [0.25, 0.3) is 5.91 Å². The summed E-state index contributed by atoms with van der Waals surface area (Å²) in [5.74, 6) is 1.36. The highest BCUT2D eigenvalue weighted by Gasteiger charge is 2.47. The maximum Gasteiger partial charge on any atom is 0.265 e. The number of carbonyl (C=O) groups is 2. The molecule has 2 aliphatic rings. The number of hydrogen-bond acceptors (Lipinski definition) is 4. The van der Waals surface area contributed by atoms with Gasteiger partial charge in [-0.05, 0) is 24.3 Å². The van der Waals surface area contributed by atoms with E-state index in [1.807, 2.05) is 54.9 Å². The summed E-state index contributed by atoms with van der Waals surface area (Å²) in [6.07, 6.45) is 1.74. The molecular weight excluding hydrogens is 328 g/mol. The van der Waals surface area contributed by atoms with Crippen LogP contribution in [-0.4, -0.2) is 51.9 Å². The second-order valence-corrected chi connectivity index (χ2v) is 9.68. The first-order valence-electron chi connectivity index (χ1n) is 8.12. The van der Waals surface area contributed by atoms with E-state index in [0.29, 0.717) is 0 Å². The predicted molar refractivity (Wildman–Crippen MR) is 95.8 cm³/mol. The zero-order valence-corrected chi connectivity index (χ0v) is 15.6. The zero-order chi connectivity index (χ0) is 16.7. The Hall–Kier alpha value is -1.01. The monoisotopic (exact) mass is 352 g/mol. The van der Waals surface area contributed by atoms with Gasteiger partial charge in [-0.15, -0.1) is 23.1 Å². The largest absolute Gasteiger partial charge is 0.342 e. The van der Waals surface area contributed by atoms with Crippen molar-refractivity contribution in [1.29, 1.82) is 0 Å². The Morgan fingerprint density at radius 3 is 2.43 bits per heavy atom. The lowest BCUT2D eigenvalue weighted by molar-refractivity contribution is -0.141. The Morgan fingerprint density at radius 1 is 1.17 bits per heavy atom. The SMILES string of the molecule is CC(C)(C)C(=O)N1CCC2(CC1)SCCN2C(=O)c1cccs1. The lowest BCUT2D eigenvalue weighted by Crippen LogP contribution is -2.54. The van der Waals surface area contributed by atoms with Crippen LogP contribution in [0.2, 0.25) is 0 Å². The van der Waals surface area contributed by atoms with Crippen LogP contribution in [0.1, 0.15) is 43.3 Å². The lowest BCUT2D eigenvalue weighted by atomic mass is 9.92. The number of likely N-dealkylation sites (tertiary alicyclic amines) is 1. The minimum atomic E-state index is -0.334. The molecule has 126 valence electrons. The first kappa shape index (κ1) is 16.8. The van der Waals surface area contributed by atoms with Crippen LogP contribution in [0.15, 0.2) is 17.5 Å². The average Bonchev–Trinajstić information content (AvgIpc) is 3.16. The standard InChI is InChI=1S/C17H24N2O2S2/c1-16(2,3)15(21)18-8-6-17(7-9-18)19(10-12-23-17)14(20)13-5-4-11-22-13/h4-5,11H,6-10,12H2,1-3H3. The molecule has 3 rings (SSSR count). The predicted octanol–water partition coefficient (Wildman–Crippen LogP) is 3.30. The number of carbonyl (C=O) groups excluding carboxylic acids is 2. The van der Waals surface area contributed by atoms with Crippen molar-refractivity contribution in [2.45, 2.75) is 38.5 Å². The summed E-state index contributed by atoms with van der Waals surface area (Å²) in [5, 5.41) is 1.95. The second kappa shape index (κ2) is 6.13. The third-order valence-electron chi connectivity index (χ3n) is 4.63. The summed E-state index contributed by atoms with van der Waals surface area (Å²) in [7, 11) is 0. The van der Waals surface area contributed by atoms with Gasteiger partial charge in [-0.1, -0.05) is 26.8 Å². The first-order chi connectivity index (χ1) is 10.8. The van der Waals surface area contributed by atoms with Crippen molar-refractivity contribution in [2.75, 3.05) is 25.4 Å². The summed E-state index contributed by atoms with van der Waals surface area (Å²) < 4.78 is 0. The van der Waals surface area contributed by atoms with E-state index in [2.05, 4.69) is 4.90 Å². The number of piperidine rings is 1. The molecule has 0 saturated carbocycles. The van der Waals surface area contributed by atoms with Crippen LogP contribution in [0.4, 0.5) is 0 Å². The average molecular weight is 353 g/mol. The maximum atomic E-state index is 12.8. The third kappa shape index (κ3) is 3.15. The fourth-order valence-electron chi connectivity index (χ4n) is 3.38. The van der Waals surface area contributed by atoms with E-state index < -0.39 is 0 Å². The summed E-state index contributed by atoms with van der Waals surface area (Å²) in [5.41, 5.74) is -0.334. The van der Waals surface area contributed by atoms with E-state index in [4.69, 9.17) is 0 Å². The molecule has 3 heterocycles. The fraction of sp³-hybridized carbons (Fsp3) is 0.647. The molecule has 1 aromatic rings. The molecule has 0 aliphatic carbocycles. The summed E-state index contributed by atoms with van der Waals surface area (Å²) in [6.45, 7) is 8.22. The van der Waals surface area contributed by atoms with E-state index in [9.17, 15) is 9.59 Å². The van der Waals surface area contributed by atoms with E-state index in [0.717, 1.165) is 43.1 Å². The lowest BCUT2D eigenvalue weighted by Gasteiger charge is -2.45. The van der Waals surface area contributed by atoms with Crippen molar-refractivity contribution < 1.29 is 9.59 Å². The molecule has 2 aliphatic heterocycles. The van der Waals surface area contributed by atoms with Gasteiger partial charge in [0.1, 0.15) is 0 Å². The molecule has 0 bridgehead atoms. The molecule has 4 nitrogen and oxygen atoms in total. The van der Waals surface area contributed by atoms with Gasteiger partial charge < -0.3 is 9.80 Å². The van der Waals surface area contributed by atoms with Crippen molar-refractivity contribution in [3.63, 3.8) is 0 Å². The first-order valence-corrected chi connectivity index (χ1v) is 9.99. The van der Waals surface area contributed by atoms with Gasteiger partial charge in [-0.3, -0.25) is 9.59 Å². The van der Waals surface area contributed by atoms with Crippen LogP contribution in [0.5, 0.6) is 0 Å². The highest BCUT2D eigenvalue weighted by Crippen LogP contribution is 2.45. The van der Waals surface area contributed by atoms with Crippen molar-refractivity contribution in [3.05, 3.63) is 22.4 Å². The van der Waals surface area contributed by atoms with E-state index in [-0.39, 0.29) is 22.1 Å². The Bertz CT molecular complexity index is 584. The van der Waals surface area contributed by atoms with Crippen LogP contribution >= 0.6 is 23.1 Å². The van der Waals surface area contributed by atoms with Gasteiger partial charge in [0.05, 0.1) is 9.75 Å². The summed E-state index contributed by atoms with van der Waals surface area (Å²) >= 11 is 3.40. The molecule has 2 amide bonds. The van der Waals surface area contributed by atoms with Gasteiger partial charge in [0.2, 0.25) is 5.91 Å². The Labute approximate surface area is 146 Å². The van der Waals surface area contributed by atoms with Crippen molar-refractivity contribution in [1.82, 2.24) is 9.80 Å². The number of amides is 2. The van der Waals surface area contributed by atoms with Crippen molar-refractivity contribution in [2.24, 2.45) is 5.41 Å². The Kier molecular flexibility index (Phi) is 4.49. The smallest absolute Gasteiger partial charge is 0.265 e. The molecule has 2 fully saturated rings. The van der Waals surface area contributed by atoms with Crippen molar-refractivity contribution >= 4 is 34.9 Å². The van der Waals surface area contributed by atoms with Crippen LogP contribution in [0.3, 0.4) is 0 Å². The van der Waals surface area contributed by atoms with Gasteiger partial charge in [0, 0.05) is 30.8 Å². The highest BCUT2D eigenvalue weighted by molar-refractivity contribution is 8.00. The Balaban J connectivity index is 1.71. The highest BCUT2D eigenvalue weighted by atomic mass is 32.2. The molecule has 1 spiro atoms. The number of thiophene rings is 1. The van der Waals surface area contributed by atoms with Crippen LogP contribution < -0.4 is 0 Å². The number of thioether (sulfide) groups is 1. The normalized spacial score (nSPS) is 21.0. The van der Waals surface area contributed by atoms with Gasteiger partial charge >= 0.3 is 0 Å². The molecule has 0 radical (unpaired) electrons. The minimum Gasteiger partial charge on any atom is -0.342 e. The van der Waals surface area contributed by atoms with Gasteiger partial charge in [0.15, 0.2) is 0 Å². The second-order valence-electron chi connectivity index (χ2n) is 7.27. The topological polar surface area (TPSA) is 40.6 Å². The molecule has 0 atom stereocenters. The Morgan fingerprint density at radius 2 is 1.87 bits per heavy atom. The zero-order valence-electron chi connectivity index (χ0n) is 14.0. The van der Waals surface area contributed by atoms with E-state index in [1.165, 1.54) is 11.3 Å². The number of hydrogen-bond donors (Lipinski definition) is 0. The molecule has 0 N–H and O–H groups in total. The molecule has 6 heteroatoms. The van der Waals surface area contributed by atoms with E-state index in [1.54, 1.807) is 0 Å². The fourth-order valence-corrected chi connectivity index (χ4v) is 5.50. The molecule has 0 aromatic carbocycles. The molecule has 2 saturated heterocycles. The van der Waals surface area contributed by atoms with E-state index >= 15 is 0 Å².